The standard InChI is InChI=1S/C25H27ClN2O3S/c1-17(2)14-23(19-9-5-4-6-10-19)27-25(29)20-12-13-22(26)24(16-20)32(30,31)28-21-11-7-8-18(3)15-21/h4-13,15-17,23,28H,14H2,1-3H3,(H,27,29). The molecule has 0 saturated heterocycles. The zero-order valence-electron chi connectivity index (χ0n) is 18.3. The molecule has 0 spiro atoms. The van der Waals surface area contributed by atoms with Crippen LogP contribution in [0.1, 0.15) is 47.8 Å². The second-order valence-corrected chi connectivity index (χ2v) is 10.2. The first-order valence-electron chi connectivity index (χ1n) is 10.4. The highest BCUT2D eigenvalue weighted by Crippen LogP contribution is 2.27. The minimum Gasteiger partial charge on any atom is -0.345 e. The predicted octanol–water partition coefficient (Wildman–Crippen LogP) is 5.97. The molecule has 168 valence electrons. The van der Waals surface area contributed by atoms with Crippen molar-refractivity contribution in [2.45, 2.75) is 38.1 Å². The molecule has 0 aliphatic heterocycles. The van der Waals surface area contributed by atoms with E-state index >= 15 is 0 Å². The van der Waals surface area contributed by atoms with Crippen LogP contribution < -0.4 is 10.0 Å². The fourth-order valence-corrected chi connectivity index (χ4v) is 5.02. The summed E-state index contributed by atoms with van der Waals surface area (Å²) in [4.78, 5) is 12.9. The second-order valence-electron chi connectivity index (χ2n) is 8.19. The lowest BCUT2D eigenvalue weighted by atomic mass is 9.96. The van der Waals surface area contributed by atoms with Crippen molar-refractivity contribution in [1.29, 1.82) is 0 Å². The molecule has 0 bridgehead atoms. The molecule has 32 heavy (non-hydrogen) atoms. The molecule has 0 radical (unpaired) electrons. The summed E-state index contributed by atoms with van der Waals surface area (Å²) in [7, 11) is -3.98. The van der Waals surface area contributed by atoms with E-state index in [9.17, 15) is 13.2 Å². The number of carbonyl (C=O) groups excluding carboxylic acids is 1. The van der Waals surface area contributed by atoms with Crippen LogP contribution in [0.25, 0.3) is 0 Å². The van der Waals surface area contributed by atoms with Gasteiger partial charge in [0, 0.05) is 11.3 Å². The number of anilines is 1. The van der Waals surface area contributed by atoms with Crippen LogP contribution in [0.4, 0.5) is 5.69 Å². The zero-order chi connectivity index (χ0) is 23.3. The van der Waals surface area contributed by atoms with Crippen molar-refractivity contribution in [3.8, 4) is 0 Å². The fraction of sp³-hybridized carbons (Fsp3) is 0.240. The van der Waals surface area contributed by atoms with E-state index in [-0.39, 0.29) is 27.4 Å². The van der Waals surface area contributed by atoms with Crippen molar-refractivity contribution < 1.29 is 13.2 Å². The number of amides is 1. The average Bonchev–Trinajstić information content (AvgIpc) is 2.73. The third-order valence-corrected chi connectivity index (χ3v) is 6.83. The van der Waals surface area contributed by atoms with Crippen molar-refractivity contribution >= 4 is 33.2 Å². The van der Waals surface area contributed by atoms with Crippen LogP contribution in [-0.4, -0.2) is 14.3 Å². The summed E-state index contributed by atoms with van der Waals surface area (Å²) in [5.74, 6) is 0.00312. The highest BCUT2D eigenvalue weighted by atomic mass is 35.5. The average molecular weight is 471 g/mol. The lowest BCUT2D eigenvalue weighted by Gasteiger charge is -2.21. The molecule has 3 aromatic rings. The van der Waals surface area contributed by atoms with E-state index in [1.807, 2.05) is 43.3 Å². The highest BCUT2D eigenvalue weighted by molar-refractivity contribution is 7.92. The van der Waals surface area contributed by atoms with Gasteiger partial charge in [-0.15, -0.1) is 0 Å². The monoisotopic (exact) mass is 470 g/mol. The highest BCUT2D eigenvalue weighted by Gasteiger charge is 2.22. The van der Waals surface area contributed by atoms with Gasteiger partial charge in [-0.2, -0.15) is 0 Å². The molecular formula is C25H27ClN2O3S. The van der Waals surface area contributed by atoms with Gasteiger partial charge in [0.1, 0.15) is 4.90 Å². The molecule has 0 saturated carbocycles. The maximum absolute atomic E-state index is 13.0. The largest absolute Gasteiger partial charge is 0.345 e. The van der Waals surface area contributed by atoms with Gasteiger partial charge < -0.3 is 5.32 Å². The zero-order valence-corrected chi connectivity index (χ0v) is 19.9. The van der Waals surface area contributed by atoms with Crippen molar-refractivity contribution in [2.24, 2.45) is 5.92 Å². The van der Waals surface area contributed by atoms with Gasteiger partial charge in [0.15, 0.2) is 0 Å². The van der Waals surface area contributed by atoms with Gasteiger partial charge in [-0.3, -0.25) is 9.52 Å². The molecule has 0 fully saturated rings. The number of sulfonamides is 1. The lowest BCUT2D eigenvalue weighted by Crippen LogP contribution is -2.29. The first-order chi connectivity index (χ1) is 15.2. The van der Waals surface area contributed by atoms with Crippen molar-refractivity contribution in [3.05, 3.63) is 94.5 Å². The quantitative estimate of drug-likeness (QED) is 0.426. The molecular weight excluding hydrogens is 444 g/mol. The smallest absolute Gasteiger partial charge is 0.263 e. The molecule has 2 N–H and O–H groups in total. The van der Waals surface area contributed by atoms with E-state index in [1.54, 1.807) is 18.2 Å². The molecule has 0 aliphatic carbocycles. The van der Waals surface area contributed by atoms with Gasteiger partial charge in [0.05, 0.1) is 11.1 Å². The molecule has 0 aromatic heterocycles. The first-order valence-corrected chi connectivity index (χ1v) is 12.3. The lowest BCUT2D eigenvalue weighted by molar-refractivity contribution is 0.0931. The Kier molecular flexibility index (Phi) is 7.59. The Hall–Kier alpha value is -2.83. The van der Waals surface area contributed by atoms with Gasteiger partial charge >= 0.3 is 0 Å². The van der Waals surface area contributed by atoms with Gasteiger partial charge in [0.2, 0.25) is 0 Å². The molecule has 1 atom stereocenters. The maximum Gasteiger partial charge on any atom is 0.263 e. The second kappa shape index (κ2) is 10.2. The van der Waals surface area contributed by atoms with E-state index in [0.717, 1.165) is 17.5 Å². The Morgan fingerprint density at radius 1 is 0.969 bits per heavy atom. The topological polar surface area (TPSA) is 75.3 Å². The van der Waals surface area contributed by atoms with Gasteiger partial charge in [-0.25, -0.2) is 8.42 Å². The predicted molar refractivity (Wildman–Crippen MR) is 130 cm³/mol. The number of hydrogen-bond acceptors (Lipinski definition) is 3. The summed E-state index contributed by atoms with van der Waals surface area (Å²) >= 11 is 6.20. The molecule has 1 amide bonds. The Labute approximate surface area is 194 Å². The van der Waals surface area contributed by atoms with E-state index < -0.39 is 10.0 Å². The van der Waals surface area contributed by atoms with Crippen LogP contribution in [0.2, 0.25) is 5.02 Å². The van der Waals surface area contributed by atoms with Crippen LogP contribution in [0, 0.1) is 12.8 Å². The Bertz CT molecular complexity index is 1190. The number of halogens is 1. The van der Waals surface area contributed by atoms with E-state index in [1.165, 1.54) is 18.2 Å². The minimum atomic E-state index is -3.98. The van der Waals surface area contributed by atoms with Gasteiger partial charge in [-0.1, -0.05) is 67.9 Å². The summed E-state index contributed by atoms with van der Waals surface area (Å²) in [6.45, 7) is 6.05. The third kappa shape index (κ3) is 6.11. The summed E-state index contributed by atoms with van der Waals surface area (Å²) in [6, 6.07) is 20.8. The molecule has 3 aromatic carbocycles. The fourth-order valence-electron chi connectivity index (χ4n) is 3.45. The number of nitrogens with one attached hydrogen (secondary N) is 2. The molecule has 0 heterocycles. The SMILES string of the molecule is Cc1cccc(NS(=O)(=O)c2cc(C(=O)NC(CC(C)C)c3ccccc3)ccc2Cl)c1. The van der Waals surface area contributed by atoms with E-state index in [0.29, 0.717) is 11.6 Å². The van der Waals surface area contributed by atoms with Crippen LogP contribution in [0.15, 0.2) is 77.7 Å². The van der Waals surface area contributed by atoms with Gasteiger partial charge in [-0.05, 0) is 60.7 Å². The Balaban J connectivity index is 1.87. The van der Waals surface area contributed by atoms with Crippen molar-refractivity contribution in [3.63, 3.8) is 0 Å². The summed E-state index contributed by atoms with van der Waals surface area (Å²) in [5.41, 5.74) is 2.57. The van der Waals surface area contributed by atoms with Crippen molar-refractivity contribution in [1.82, 2.24) is 5.32 Å². The third-order valence-electron chi connectivity index (χ3n) is 4.97. The molecule has 5 nitrogen and oxygen atoms in total. The number of aryl methyl sites for hydroxylation is 1. The molecule has 3 rings (SSSR count). The number of hydrogen-bond donors (Lipinski definition) is 2. The number of rotatable bonds is 8. The van der Waals surface area contributed by atoms with Crippen LogP contribution in [0.3, 0.4) is 0 Å². The molecule has 0 aliphatic rings. The summed E-state index contributed by atoms with van der Waals surface area (Å²) < 4.78 is 28.5. The first kappa shape index (κ1) is 23.8. The van der Waals surface area contributed by atoms with Crippen LogP contribution >= 0.6 is 11.6 Å². The number of carbonyl (C=O) groups is 1. The number of benzene rings is 3. The summed E-state index contributed by atoms with van der Waals surface area (Å²) in [5, 5.41) is 3.08. The van der Waals surface area contributed by atoms with Crippen LogP contribution in [0.5, 0.6) is 0 Å². The molecule has 7 heteroatoms. The Morgan fingerprint density at radius 3 is 2.34 bits per heavy atom. The van der Waals surface area contributed by atoms with E-state index in [4.69, 9.17) is 11.6 Å². The van der Waals surface area contributed by atoms with Gasteiger partial charge in [0.25, 0.3) is 15.9 Å². The molecule has 1 unspecified atom stereocenters. The minimum absolute atomic E-state index is 0.0449. The van der Waals surface area contributed by atoms with E-state index in [2.05, 4.69) is 23.9 Å². The van der Waals surface area contributed by atoms with Crippen LogP contribution in [-0.2, 0) is 10.0 Å². The summed E-state index contributed by atoms with van der Waals surface area (Å²) in [6.07, 6.45) is 0.753. The Morgan fingerprint density at radius 2 is 1.69 bits per heavy atom. The maximum atomic E-state index is 13.0. The normalized spacial score (nSPS) is 12.4. The van der Waals surface area contributed by atoms with Crippen molar-refractivity contribution in [2.75, 3.05) is 4.72 Å².